The first-order valence-corrected chi connectivity index (χ1v) is 14.2. The Kier molecular flexibility index (Phi) is 8.62. The Hall–Kier alpha value is -3.20. The maximum atomic E-state index is 2.33. The molecule has 0 radical (unpaired) electrons. The van der Waals surface area contributed by atoms with E-state index in [2.05, 4.69) is 146 Å². The van der Waals surface area contributed by atoms with Crippen LogP contribution in [0.4, 0.5) is 0 Å². The Morgan fingerprint density at radius 1 is 0.361 bits per heavy atom. The lowest BCUT2D eigenvalue weighted by atomic mass is 9.95. The molecular weight excluding hydrogens is 473 g/mol. The summed E-state index contributed by atoms with van der Waals surface area (Å²) in [6, 6.07) is 52.5. The summed E-state index contributed by atoms with van der Waals surface area (Å²) in [6.07, 6.45) is 1.99. The van der Waals surface area contributed by atoms with Crippen LogP contribution in [0.2, 0.25) is 0 Å². The number of hydrogen-bond acceptors (Lipinski definition) is 2. The minimum atomic E-state index is 0.353. The van der Waals surface area contributed by atoms with Gasteiger partial charge in [-0.1, -0.05) is 121 Å². The molecule has 0 heterocycles. The molecule has 0 saturated carbocycles. The van der Waals surface area contributed by atoms with E-state index in [1.54, 1.807) is 0 Å². The summed E-state index contributed by atoms with van der Waals surface area (Å²) < 4.78 is 0. The predicted octanol–water partition coefficient (Wildman–Crippen LogP) is 9.84. The van der Waals surface area contributed by atoms with Crippen LogP contribution in [0.15, 0.2) is 155 Å². The van der Waals surface area contributed by atoms with Crippen molar-refractivity contribution in [3.8, 4) is 0 Å². The molecule has 0 aliphatic heterocycles. The van der Waals surface area contributed by atoms with Gasteiger partial charge in [0.2, 0.25) is 0 Å². The number of benzene rings is 5. The Morgan fingerprint density at radius 2 is 0.667 bits per heavy atom. The van der Waals surface area contributed by atoms with Crippen molar-refractivity contribution in [2.75, 3.05) is 0 Å². The van der Waals surface area contributed by atoms with Crippen LogP contribution in [-0.2, 0) is 12.8 Å². The summed E-state index contributed by atoms with van der Waals surface area (Å²) in [7, 11) is 0. The first-order chi connectivity index (χ1) is 17.8. The Morgan fingerprint density at radius 3 is 1.03 bits per heavy atom. The summed E-state index contributed by atoms with van der Waals surface area (Å²) >= 11 is 3.92. The molecule has 0 aromatic heterocycles. The maximum Gasteiger partial charge on any atom is 0.0384 e. The van der Waals surface area contributed by atoms with E-state index in [0.29, 0.717) is 10.5 Å². The van der Waals surface area contributed by atoms with Crippen LogP contribution >= 0.6 is 23.5 Å². The molecule has 0 bridgehead atoms. The van der Waals surface area contributed by atoms with Crippen LogP contribution < -0.4 is 0 Å². The fourth-order valence-electron chi connectivity index (χ4n) is 4.47. The number of rotatable bonds is 10. The van der Waals surface area contributed by atoms with Crippen molar-refractivity contribution in [2.24, 2.45) is 0 Å². The molecule has 0 nitrogen and oxygen atoms in total. The zero-order valence-corrected chi connectivity index (χ0v) is 21.9. The van der Waals surface area contributed by atoms with Gasteiger partial charge in [0, 0.05) is 20.3 Å². The van der Waals surface area contributed by atoms with Crippen LogP contribution in [0.5, 0.6) is 0 Å². The van der Waals surface area contributed by atoms with Crippen molar-refractivity contribution < 1.29 is 0 Å². The maximum absolute atomic E-state index is 2.33. The van der Waals surface area contributed by atoms with Crippen molar-refractivity contribution in [1.29, 1.82) is 0 Å². The monoisotopic (exact) mass is 502 g/mol. The van der Waals surface area contributed by atoms with Gasteiger partial charge in [0.05, 0.1) is 0 Å². The van der Waals surface area contributed by atoms with Gasteiger partial charge in [-0.15, -0.1) is 23.5 Å². The quantitative estimate of drug-likeness (QED) is 0.174. The highest BCUT2D eigenvalue weighted by atomic mass is 32.2. The van der Waals surface area contributed by atoms with E-state index in [1.165, 1.54) is 32.0 Å². The smallest absolute Gasteiger partial charge is 0.0384 e. The van der Waals surface area contributed by atoms with Gasteiger partial charge in [0.1, 0.15) is 0 Å². The lowest BCUT2D eigenvalue weighted by molar-refractivity contribution is 0.870. The van der Waals surface area contributed by atoms with Gasteiger partial charge in [-0.25, -0.2) is 0 Å². The second-order valence-corrected chi connectivity index (χ2v) is 11.4. The third-order valence-electron chi connectivity index (χ3n) is 6.31. The predicted molar refractivity (Wildman–Crippen MR) is 157 cm³/mol. The normalized spacial score (nSPS) is 12.7. The van der Waals surface area contributed by atoms with Gasteiger partial charge in [0.25, 0.3) is 0 Å². The molecule has 178 valence electrons. The van der Waals surface area contributed by atoms with E-state index in [4.69, 9.17) is 0 Å². The summed E-state index contributed by atoms with van der Waals surface area (Å²) in [4.78, 5) is 2.62. The van der Waals surface area contributed by atoms with Crippen LogP contribution in [0.1, 0.15) is 32.8 Å². The van der Waals surface area contributed by atoms with Crippen LogP contribution in [0, 0.1) is 0 Å². The minimum absolute atomic E-state index is 0.353. The number of hydrogen-bond donors (Lipinski definition) is 0. The third-order valence-corrected chi connectivity index (χ3v) is 8.85. The molecule has 0 amide bonds. The lowest BCUT2D eigenvalue weighted by Gasteiger charge is -2.22. The van der Waals surface area contributed by atoms with E-state index in [1.807, 2.05) is 23.5 Å². The molecule has 5 aromatic carbocycles. The van der Waals surface area contributed by atoms with Gasteiger partial charge < -0.3 is 0 Å². The molecule has 2 atom stereocenters. The van der Waals surface area contributed by atoms with Crippen molar-refractivity contribution in [1.82, 2.24) is 0 Å². The molecule has 0 N–H and O–H groups in total. The Balaban J connectivity index is 1.44. The van der Waals surface area contributed by atoms with Gasteiger partial charge in [-0.3, -0.25) is 0 Å². The zero-order chi connectivity index (χ0) is 24.4. The average Bonchev–Trinajstić information content (AvgIpc) is 2.95. The molecule has 5 aromatic rings. The van der Waals surface area contributed by atoms with Gasteiger partial charge in [-0.2, -0.15) is 0 Å². The highest BCUT2D eigenvalue weighted by molar-refractivity contribution is 7.99. The second kappa shape index (κ2) is 12.7. The summed E-state index contributed by atoms with van der Waals surface area (Å²) in [5.74, 6) is 0. The van der Waals surface area contributed by atoms with E-state index >= 15 is 0 Å². The van der Waals surface area contributed by atoms with Gasteiger partial charge in [-0.05, 0) is 59.4 Å². The first kappa shape index (κ1) is 24.5. The van der Waals surface area contributed by atoms with Gasteiger partial charge in [0.15, 0.2) is 0 Å². The average molecular weight is 503 g/mol. The van der Waals surface area contributed by atoms with E-state index < -0.39 is 0 Å². The highest BCUT2D eigenvalue weighted by Crippen LogP contribution is 2.41. The van der Waals surface area contributed by atoms with E-state index in [0.717, 1.165) is 12.8 Å². The summed E-state index contributed by atoms with van der Waals surface area (Å²) in [6.45, 7) is 0. The lowest BCUT2D eigenvalue weighted by Crippen LogP contribution is -2.06. The molecule has 36 heavy (non-hydrogen) atoms. The van der Waals surface area contributed by atoms with Crippen LogP contribution in [0.3, 0.4) is 0 Å². The molecular formula is C34H30S2. The Bertz CT molecular complexity index is 1210. The molecule has 0 aliphatic rings. The SMILES string of the molecule is c1ccc(SC(Cc2ccccc2CC(Sc2ccccc2)c2ccccc2)c2ccccc2)cc1. The fourth-order valence-corrected chi connectivity index (χ4v) is 6.87. The molecule has 2 unspecified atom stereocenters. The van der Waals surface area contributed by atoms with Crippen molar-refractivity contribution >= 4 is 23.5 Å². The van der Waals surface area contributed by atoms with E-state index in [9.17, 15) is 0 Å². The molecule has 0 saturated heterocycles. The van der Waals surface area contributed by atoms with Crippen molar-refractivity contribution in [3.05, 3.63) is 168 Å². The molecule has 2 heteroatoms. The summed E-state index contributed by atoms with van der Waals surface area (Å²) in [5, 5.41) is 0.707. The van der Waals surface area contributed by atoms with Gasteiger partial charge >= 0.3 is 0 Å². The van der Waals surface area contributed by atoms with Crippen molar-refractivity contribution in [2.45, 2.75) is 33.1 Å². The second-order valence-electron chi connectivity index (χ2n) is 8.84. The molecule has 0 aliphatic carbocycles. The highest BCUT2D eigenvalue weighted by Gasteiger charge is 2.19. The third kappa shape index (κ3) is 6.72. The van der Waals surface area contributed by atoms with Crippen LogP contribution in [0.25, 0.3) is 0 Å². The topological polar surface area (TPSA) is 0 Å². The van der Waals surface area contributed by atoms with Crippen molar-refractivity contribution in [3.63, 3.8) is 0 Å². The minimum Gasteiger partial charge on any atom is -0.118 e. The standard InChI is InChI=1S/C34H30S2/c1-5-15-27(16-6-1)33(35-31-21-9-3-10-22-31)25-29-19-13-14-20-30(29)26-34(28-17-7-2-8-18-28)36-32-23-11-4-12-24-32/h1-24,33-34H,25-26H2. The molecule has 0 spiro atoms. The fraction of sp³-hybridized carbons (Fsp3) is 0.118. The van der Waals surface area contributed by atoms with Crippen LogP contribution in [-0.4, -0.2) is 0 Å². The first-order valence-electron chi connectivity index (χ1n) is 12.5. The largest absolute Gasteiger partial charge is 0.118 e. The Labute approximate surface area is 223 Å². The zero-order valence-electron chi connectivity index (χ0n) is 20.2. The summed E-state index contributed by atoms with van der Waals surface area (Å²) in [5.41, 5.74) is 5.62. The molecule has 5 rings (SSSR count). The molecule has 0 fully saturated rings. The van der Waals surface area contributed by atoms with E-state index in [-0.39, 0.29) is 0 Å². The number of thioether (sulfide) groups is 2.